The van der Waals surface area contributed by atoms with Crippen molar-refractivity contribution in [1.29, 1.82) is 0 Å². The van der Waals surface area contributed by atoms with Crippen LogP contribution in [0, 0.1) is 10.1 Å². The van der Waals surface area contributed by atoms with Crippen LogP contribution in [0.2, 0.25) is 10.0 Å². The Morgan fingerprint density at radius 2 is 1.91 bits per heavy atom. The number of carbonyl (C=O) groups is 1. The third kappa shape index (κ3) is 3.01. The van der Waals surface area contributed by atoms with E-state index in [2.05, 4.69) is 5.32 Å². The second-order valence-electron chi connectivity index (χ2n) is 4.62. The van der Waals surface area contributed by atoms with E-state index < -0.39 is 10.8 Å². The smallest absolute Gasteiger partial charge is 0.289 e. The van der Waals surface area contributed by atoms with Crippen LogP contribution >= 0.6 is 34.5 Å². The third-order valence-electron chi connectivity index (χ3n) is 3.14. The van der Waals surface area contributed by atoms with E-state index in [1.807, 2.05) is 24.3 Å². The summed E-state index contributed by atoms with van der Waals surface area (Å²) in [5, 5.41) is 14.7. The first-order valence-corrected chi connectivity index (χ1v) is 7.97. The number of halogens is 2. The molecule has 0 saturated carbocycles. The number of nitrogens with one attached hydrogen (secondary N) is 1. The highest BCUT2D eigenvalue weighted by Gasteiger charge is 2.19. The van der Waals surface area contributed by atoms with Crippen LogP contribution in [0.1, 0.15) is 9.67 Å². The molecule has 3 rings (SSSR count). The van der Waals surface area contributed by atoms with E-state index in [0.717, 1.165) is 10.1 Å². The van der Waals surface area contributed by atoms with Crippen molar-refractivity contribution in [3.63, 3.8) is 0 Å². The van der Waals surface area contributed by atoms with Gasteiger partial charge in [-0.1, -0.05) is 41.4 Å². The maximum Gasteiger partial charge on any atom is 0.289 e. The molecule has 0 unspecified atom stereocenters. The Balaban J connectivity index is 1.93. The maximum atomic E-state index is 12.4. The molecule has 0 aliphatic carbocycles. The average molecular weight is 367 g/mol. The van der Waals surface area contributed by atoms with E-state index >= 15 is 0 Å². The highest BCUT2D eigenvalue weighted by atomic mass is 35.5. The lowest BCUT2D eigenvalue weighted by Gasteiger charge is -2.04. The summed E-state index contributed by atoms with van der Waals surface area (Å²) >= 11 is 13.3. The van der Waals surface area contributed by atoms with Crippen molar-refractivity contribution in [3.05, 3.63) is 67.5 Å². The highest BCUT2D eigenvalue weighted by Crippen LogP contribution is 2.36. The first kappa shape index (κ1) is 15.7. The number of hydrogen-bond donors (Lipinski definition) is 1. The monoisotopic (exact) mass is 366 g/mol. The number of nitro groups is 1. The van der Waals surface area contributed by atoms with Crippen LogP contribution < -0.4 is 5.32 Å². The minimum Gasteiger partial charge on any atom is -0.321 e. The van der Waals surface area contributed by atoms with E-state index in [-0.39, 0.29) is 16.4 Å². The predicted octanol–water partition coefficient (Wildman–Crippen LogP) is 5.37. The molecule has 116 valence electrons. The molecule has 5 nitrogen and oxygen atoms in total. The lowest BCUT2D eigenvalue weighted by Crippen LogP contribution is -2.10. The Hall–Kier alpha value is -2.15. The van der Waals surface area contributed by atoms with Gasteiger partial charge in [0.2, 0.25) is 0 Å². The number of nitrogens with zero attached hydrogens (tertiary/aromatic N) is 1. The van der Waals surface area contributed by atoms with E-state index in [1.54, 1.807) is 0 Å². The van der Waals surface area contributed by atoms with Crippen molar-refractivity contribution in [2.75, 3.05) is 5.32 Å². The molecule has 0 bridgehead atoms. The molecule has 2 aromatic carbocycles. The number of benzene rings is 2. The van der Waals surface area contributed by atoms with Gasteiger partial charge < -0.3 is 5.32 Å². The first-order chi connectivity index (χ1) is 11.0. The van der Waals surface area contributed by atoms with Crippen LogP contribution in [0.4, 0.5) is 11.4 Å². The molecule has 0 radical (unpaired) electrons. The van der Waals surface area contributed by atoms with Gasteiger partial charge in [-0.25, -0.2) is 0 Å². The van der Waals surface area contributed by atoms with E-state index in [0.29, 0.717) is 9.90 Å². The zero-order valence-corrected chi connectivity index (χ0v) is 13.7. The number of anilines is 1. The lowest BCUT2D eigenvalue weighted by molar-refractivity contribution is -0.384. The summed E-state index contributed by atoms with van der Waals surface area (Å²) in [5.74, 6) is -0.423. The molecule has 1 aromatic heterocycles. The number of nitro benzene ring substituents is 1. The number of carbonyl (C=O) groups excluding carboxylic acids is 1. The van der Waals surface area contributed by atoms with E-state index in [1.165, 1.54) is 29.5 Å². The molecule has 0 atom stereocenters. The van der Waals surface area contributed by atoms with Crippen molar-refractivity contribution in [2.24, 2.45) is 0 Å². The van der Waals surface area contributed by atoms with Crippen molar-refractivity contribution < 1.29 is 9.72 Å². The summed E-state index contributed by atoms with van der Waals surface area (Å²) in [6, 6.07) is 11.5. The van der Waals surface area contributed by atoms with Crippen LogP contribution in [0.25, 0.3) is 10.1 Å². The summed E-state index contributed by atoms with van der Waals surface area (Å²) < 4.78 is 0.893. The van der Waals surface area contributed by atoms with E-state index in [4.69, 9.17) is 23.2 Å². The van der Waals surface area contributed by atoms with Gasteiger partial charge >= 0.3 is 0 Å². The number of amides is 1. The fourth-order valence-electron chi connectivity index (χ4n) is 2.08. The number of fused-ring (bicyclic) bond motifs is 1. The summed E-state index contributed by atoms with van der Waals surface area (Å²) in [6.07, 6.45) is 0. The van der Waals surface area contributed by atoms with Gasteiger partial charge in [-0.05, 0) is 18.2 Å². The second kappa shape index (κ2) is 6.16. The van der Waals surface area contributed by atoms with Gasteiger partial charge in [0.25, 0.3) is 11.6 Å². The summed E-state index contributed by atoms with van der Waals surface area (Å²) in [5.41, 5.74) is 0.00604. The number of rotatable bonds is 3. The summed E-state index contributed by atoms with van der Waals surface area (Å²) in [7, 11) is 0. The van der Waals surface area contributed by atoms with E-state index in [9.17, 15) is 14.9 Å². The van der Waals surface area contributed by atoms with Crippen LogP contribution in [-0.2, 0) is 0 Å². The number of hydrogen-bond acceptors (Lipinski definition) is 4. The molecule has 0 spiro atoms. The molecular weight excluding hydrogens is 359 g/mol. The van der Waals surface area contributed by atoms with Gasteiger partial charge in [0, 0.05) is 21.8 Å². The van der Waals surface area contributed by atoms with Crippen LogP contribution in [0.15, 0.2) is 42.5 Å². The summed E-state index contributed by atoms with van der Waals surface area (Å²) in [4.78, 5) is 23.0. The molecule has 1 amide bonds. The molecule has 0 aliphatic heterocycles. The molecular formula is C15H8Cl2N2O3S. The second-order valence-corrected chi connectivity index (χ2v) is 6.46. The van der Waals surface area contributed by atoms with Crippen LogP contribution in [0.3, 0.4) is 0 Å². The first-order valence-electron chi connectivity index (χ1n) is 6.39. The molecule has 3 aromatic rings. The Morgan fingerprint density at radius 1 is 1.17 bits per heavy atom. The fourth-order valence-corrected chi connectivity index (χ4v) is 3.68. The minimum atomic E-state index is -0.607. The third-order valence-corrected chi connectivity index (χ3v) is 5.14. The Bertz CT molecular complexity index is 940. The highest BCUT2D eigenvalue weighted by molar-refractivity contribution is 7.21. The summed E-state index contributed by atoms with van der Waals surface area (Å²) in [6.45, 7) is 0. The van der Waals surface area contributed by atoms with Crippen molar-refractivity contribution >= 4 is 61.9 Å². The molecule has 0 aliphatic rings. The van der Waals surface area contributed by atoms with Gasteiger partial charge in [0.05, 0.1) is 9.95 Å². The zero-order valence-electron chi connectivity index (χ0n) is 11.4. The molecule has 0 fully saturated rings. The molecule has 23 heavy (non-hydrogen) atoms. The topological polar surface area (TPSA) is 72.2 Å². The molecule has 1 N–H and O–H groups in total. The van der Waals surface area contributed by atoms with Crippen molar-refractivity contribution in [2.45, 2.75) is 0 Å². The fraction of sp³-hybridized carbons (Fsp3) is 0. The molecule has 1 heterocycles. The van der Waals surface area contributed by atoms with Crippen LogP contribution in [0.5, 0.6) is 0 Å². The Labute approximate surface area is 144 Å². The average Bonchev–Trinajstić information content (AvgIpc) is 2.86. The molecule has 8 heteroatoms. The largest absolute Gasteiger partial charge is 0.321 e. The van der Waals surface area contributed by atoms with Gasteiger partial charge in [-0.3, -0.25) is 14.9 Å². The maximum absolute atomic E-state index is 12.4. The normalized spacial score (nSPS) is 10.7. The SMILES string of the molecule is O=C(Nc1ccc(Cl)c([N+](=O)[O-])c1)c1sc2ccccc2c1Cl. The van der Waals surface area contributed by atoms with Crippen molar-refractivity contribution in [3.8, 4) is 0 Å². The Morgan fingerprint density at radius 3 is 2.61 bits per heavy atom. The predicted molar refractivity (Wildman–Crippen MR) is 92.9 cm³/mol. The lowest BCUT2D eigenvalue weighted by atomic mass is 10.2. The van der Waals surface area contributed by atoms with Crippen LogP contribution in [-0.4, -0.2) is 10.8 Å². The van der Waals surface area contributed by atoms with Gasteiger partial charge in [0.15, 0.2) is 0 Å². The number of thiophene rings is 1. The zero-order chi connectivity index (χ0) is 16.6. The van der Waals surface area contributed by atoms with Gasteiger partial charge in [-0.15, -0.1) is 11.3 Å². The standard InChI is InChI=1S/C15H8Cl2N2O3S/c16-10-6-5-8(7-11(10)19(21)22)18-15(20)14-13(17)9-3-1-2-4-12(9)23-14/h1-7H,(H,18,20). The minimum absolute atomic E-state index is 0.00731. The quantitative estimate of drug-likeness (QED) is 0.500. The van der Waals surface area contributed by atoms with Gasteiger partial charge in [0.1, 0.15) is 9.90 Å². The Kier molecular flexibility index (Phi) is 4.21. The molecule has 0 saturated heterocycles. The van der Waals surface area contributed by atoms with Crippen molar-refractivity contribution in [1.82, 2.24) is 0 Å². The van der Waals surface area contributed by atoms with Gasteiger partial charge in [-0.2, -0.15) is 0 Å².